The average molecular weight is 482 g/mol. The zero-order chi connectivity index (χ0) is 19.9. The first-order valence-electron chi connectivity index (χ1n) is 9.24. The molecule has 0 aromatic heterocycles. The third-order valence-electron chi connectivity index (χ3n) is 4.73. The maximum Gasteiger partial charge on any atom is 0.253 e. The Hall–Kier alpha value is -1.50. The van der Waals surface area contributed by atoms with Gasteiger partial charge in [-0.05, 0) is 61.4 Å². The lowest BCUT2D eigenvalue weighted by Gasteiger charge is -2.31. The molecule has 0 aliphatic carbocycles. The first-order chi connectivity index (χ1) is 13.5. The molecule has 1 aliphatic rings. The monoisotopic (exact) mass is 480 g/mol. The van der Waals surface area contributed by atoms with E-state index in [1.807, 2.05) is 53.4 Å². The second-order valence-corrected chi connectivity index (χ2v) is 9.19. The van der Waals surface area contributed by atoms with E-state index < -0.39 is 0 Å². The highest BCUT2D eigenvalue weighted by Gasteiger charge is 2.27. The molecule has 0 bridgehead atoms. The summed E-state index contributed by atoms with van der Waals surface area (Å²) in [6.45, 7) is 1.86. The van der Waals surface area contributed by atoms with E-state index in [2.05, 4.69) is 21.2 Å². The average Bonchev–Trinajstić information content (AvgIpc) is 2.72. The number of carbonyl (C=O) groups excluding carboxylic acids is 2. The summed E-state index contributed by atoms with van der Waals surface area (Å²) in [4.78, 5) is 27.9. The molecule has 28 heavy (non-hydrogen) atoms. The minimum atomic E-state index is -0.0190. The molecule has 1 N–H and O–H groups in total. The Morgan fingerprint density at radius 3 is 2.36 bits per heavy atom. The number of carbonyl (C=O) groups is 2. The molecule has 0 spiro atoms. The first-order valence-corrected chi connectivity index (χ1v) is 11.4. The van der Waals surface area contributed by atoms with E-state index in [1.54, 1.807) is 11.8 Å². The van der Waals surface area contributed by atoms with E-state index in [0.29, 0.717) is 38.0 Å². The third kappa shape index (κ3) is 6.00. The lowest BCUT2D eigenvalue weighted by molar-refractivity contribution is -0.126. The highest BCUT2D eigenvalue weighted by atomic mass is 79.9. The molecule has 2 amide bonds. The highest BCUT2D eigenvalue weighted by Crippen LogP contribution is 2.21. The number of likely N-dealkylation sites (tertiary alicyclic amines) is 1. The fraction of sp³-hybridized carbons (Fsp3) is 0.333. The Morgan fingerprint density at radius 1 is 1.07 bits per heavy atom. The minimum Gasteiger partial charge on any atom is -0.355 e. The minimum absolute atomic E-state index is 0.0190. The molecule has 3 rings (SSSR count). The summed E-state index contributed by atoms with van der Waals surface area (Å²) in [6.07, 6.45) is 1.41. The van der Waals surface area contributed by atoms with Crippen LogP contribution in [0, 0.1) is 5.92 Å². The maximum atomic E-state index is 12.6. The van der Waals surface area contributed by atoms with Gasteiger partial charge >= 0.3 is 0 Å². The van der Waals surface area contributed by atoms with E-state index in [0.717, 1.165) is 20.1 Å². The number of hydrogen-bond acceptors (Lipinski definition) is 3. The number of benzene rings is 2. The van der Waals surface area contributed by atoms with Gasteiger partial charge in [0.15, 0.2) is 0 Å². The van der Waals surface area contributed by atoms with Crippen LogP contribution in [0.25, 0.3) is 0 Å². The summed E-state index contributed by atoms with van der Waals surface area (Å²) in [6, 6.07) is 15.1. The number of rotatable bonds is 6. The molecular weight excluding hydrogens is 460 g/mol. The van der Waals surface area contributed by atoms with Crippen LogP contribution in [0.2, 0.25) is 5.02 Å². The zero-order valence-electron chi connectivity index (χ0n) is 15.4. The summed E-state index contributed by atoms with van der Waals surface area (Å²) in [7, 11) is 0. The van der Waals surface area contributed by atoms with Crippen LogP contribution in [0.15, 0.2) is 57.9 Å². The number of nitrogens with zero attached hydrogens (tertiary/aromatic N) is 1. The second kappa shape index (κ2) is 10.3. The molecule has 0 unspecified atom stereocenters. The largest absolute Gasteiger partial charge is 0.355 e. The predicted molar refractivity (Wildman–Crippen MR) is 118 cm³/mol. The summed E-state index contributed by atoms with van der Waals surface area (Å²) in [5.74, 6) is 0.918. The molecule has 2 aromatic rings. The van der Waals surface area contributed by atoms with Gasteiger partial charge in [0.25, 0.3) is 5.91 Å². The number of thioether (sulfide) groups is 1. The summed E-state index contributed by atoms with van der Waals surface area (Å²) in [5, 5.41) is 3.75. The molecule has 1 saturated heterocycles. The fourth-order valence-electron chi connectivity index (χ4n) is 3.14. The molecule has 148 valence electrons. The molecule has 0 saturated carbocycles. The van der Waals surface area contributed by atoms with Crippen molar-refractivity contribution >= 4 is 51.1 Å². The van der Waals surface area contributed by atoms with Gasteiger partial charge in [0.05, 0.1) is 0 Å². The van der Waals surface area contributed by atoms with Crippen LogP contribution in [-0.4, -0.2) is 42.1 Å². The SMILES string of the molecule is O=C(NCCSc1ccc(Cl)cc1)C1CCN(C(=O)c2ccc(Br)cc2)CC1. The van der Waals surface area contributed by atoms with Crippen molar-refractivity contribution in [3.05, 3.63) is 63.6 Å². The molecule has 1 heterocycles. The number of hydrogen-bond donors (Lipinski definition) is 1. The molecule has 0 atom stereocenters. The molecular formula is C21H22BrClN2O2S. The van der Waals surface area contributed by atoms with Crippen LogP contribution in [-0.2, 0) is 4.79 Å². The van der Waals surface area contributed by atoms with Crippen molar-refractivity contribution in [1.29, 1.82) is 0 Å². The summed E-state index contributed by atoms with van der Waals surface area (Å²) in [5.41, 5.74) is 0.685. The van der Waals surface area contributed by atoms with Crippen molar-refractivity contribution in [3.8, 4) is 0 Å². The first kappa shape index (κ1) is 21.2. The Kier molecular flexibility index (Phi) is 7.82. The normalized spacial score (nSPS) is 14.7. The summed E-state index contributed by atoms with van der Waals surface area (Å²) >= 11 is 10.9. The van der Waals surface area contributed by atoms with E-state index in [9.17, 15) is 9.59 Å². The van der Waals surface area contributed by atoms with Crippen LogP contribution in [0.3, 0.4) is 0 Å². The van der Waals surface area contributed by atoms with Crippen LogP contribution >= 0.6 is 39.3 Å². The van der Waals surface area contributed by atoms with Crippen molar-refractivity contribution in [2.45, 2.75) is 17.7 Å². The number of halogens is 2. The van der Waals surface area contributed by atoms with Gasteiger partial charge in [-0.25, -0.2) is 0 Å². The van der Waals surface area contributed by atoms with Crippen LogP contribution in [0.4, 0.5) is 0 Å². The second-order valence-electron chi connectivity index (χ2n) is 6.67. The standard InChI is InChI=1S/C21H22BrClN2O2S/c22-17-3-1-16(2-4-17)21(27)25-12-9-15(10-13-25)20(26)24-11-14-28-19-7-5-18(23)6-8-19/h1-8,15H,9-14H2,(H,24,26). The maximum absolute atomic E-state index is 12.6. The van der Waals surface area contributed by atoms with Gasteiger partial charge in [0.2, 0.25) is 5.91 Å². The molecule has 0 radical (unpaired) electrons. The zero-order valence-corrected chi connectivity index (χ0v) is 18.5. The van der Waals surface area contributed by atoms with Crippen LogP contribution in [0.1, 0.15) is 23.2 Å². The van der Waals surface area contributed by atoms with Gasteiger partial charge in [0.1, 0.15) is 0 Å². The van der Waals surface area contributed by atoms with E-state index in [-0.39, 0.29) is 17.7 Å². The van der Waals surface area contributed by atoms with Crippen molar-refractivity contribution < 1.29 is 9.59 Å². The summed E-state index contributed by atoms with van der Waals surface area (Å²) < 4.78 is 0.952. The van der Waals surface area contributed by atoms with Crippen molar-refractivity contribution in [1.82, 2.24) is 10.2 Å². The van der Waals surface area contributed by atoms with Crippen LogP contribution in [0.5, 0.6) is 0 Å². The van der Waals surface area contributed by atoms with Crippen LogP contribution < -0.4 is 5.32 Å². The van der Waals surface area contributed by atoms with Gasteiger partial charge in [-0.15, -0.1) is 11.8 Å². The van der Waals surface area contributed by atoms with Gasteiger partial charge in [-0.3, -0.25) is 9.59 Å². The van der Waals surface area contributed by atoms with Crippen molar-refractivity contribution in [2.75, 3.05) is 25.4 Å². The van der Waals surface area contributed by atoms with Gasteiger partial charge in [-0.2, -0.15) is 0 Å². The van der Waals surface area contributed by atoms with Gasteiger partial charge in [0, 0.05) is 51.3 Å². The topological polar surface area (TPSA) is 49.4 Å². The van der Waals surface area contributed by atoms with Gasteiger partial charge < -0.3 is 10.2 Å². The van der Waals surface area contributed by atoms with Gasteiger partial charge in [-0.1, -0.05) is 27.5 Å². The van der Waals surface area contributed by atoms with E-state index >= 15 is 0 Å². The Bertz CT molecular complexity index is 806. The Morgan fingerprint density at radius 2 is 1.71 bits per heavy atom. The number of amides is 2. The van der Waals surface area contributed by atoms with E-state index in [4.69, 9.17) is 11.6 Å². The number of piperidine rings is 1. The molecule has 4 nitrogen and oxygen atoms in total. The highest BCUT2D eigenvalue weighted by molar-refractivity contribution is 9.10. The lowest BCUT2D eigenvalue weighted by atomic mass is 9.95. The fourth-order valence-corrected chi connectivity index (χ4v) is 4.30. The third-order valence-corrected chi connectivity index (χ3v) is 6.52. The number of nitrogens with one attached hydrogen (secondary N) is 1. The predicted octanol–water partition coefficient (Wildman–Crippen LogP) is 4.86. The van der Waals surface area contributed by atoms with Crippen molar-refractivity contribution in [3.63, 3.8) is 0 Å². The van der Waals surface area contributed by atoms with E-state index in [1.165, 1.54) is 0 Å². The quantitative estimate of drug-likeness (QED) is 0.473. The lowest BCUT2D eigenvalue weighted by Crippen LogP contribution is -2.43. The Labute approximate surface area is 183 Å². The van der Waals surface area contributed by atoms with Crippen molar-refractivity contribution in [2.24, 2.45) is 5.92 Å². The molecule has 1 fully saturated rings. The molecule has 7 heteroatoms. The smallest absolute Gasteiger partial charge is 0.253 e. The molecule has 1 aliphatic heterocycles. The molecule has 2 aromatic carbocycles. The Balaban J connectivity index is 1.38.